The third kappa shape index (κ3) is 5.32. The summed E-state index contributed by atoms with van der Waals surface area (Å²) in [6.45, 7) is 5.74. The highest BCUT2D eigenvalue weighted by atomic mass is 32.2. The van der Waals surface area contributed by atoms with Crippen LogP contribution in [0, 0.1) is 0 Å². The van der Waals surface area contributed by atoms with Gasteiger partial charge in [-0.15, -0.1) is 0 Å². The zero-order chi connectivity index (χ0) is 20.7. The van der Waals surface area contributed by atoms with Crippen molar-refractivity contribution in [2.45, 2.75) is 38.1 Å². The number of amides is 1. The van der Waals surface area contributed by atoms with Crippen LogP contribution in [0.5, 0.6) is 0 Å². The summed E-state index contributed by atoms with van der Waals surface area (Å²) in [6, 6.07) is 11.7. The minimum absolute atomic E-state index is 0.0299. The Morgan fingerprint density at radius 1 is 1.04 bits per heavy atom. The number of para-hydroxylation sites is 1. The quantitative estimate of drug-likeness (QED) is 0.658. The van der Waals surface area contributed by atoms with Gasteiger partial charge in [0.1, 0.15) is 0 Å². The summed E-state index contributed by atoms with van der Waals surface area (Å²) in [7, 11) is -3.94. The van der Waals surface area contributed by atoms with E-state index in [0.717, 1.165) is 6.42 Å². The first kappa shape index (κ1) is 21.4. The van der Waals surface area contributed by atoms with Gasteiger partial charge in [-0.2, -0.15) is 0 Å². The average Bonchev–Trinajstić information content (AvgIpc) is 2.68. The Balaban J connectivity index is 2.25. The number of hydrogen-bond donors (Lipinski definition) is 2. The Morgan fingerprint density at radius 2 is 1.68 bits per heavy atom. The fourth-order valence-corrected chi connectivity index (χ4v) is 3.44. The predicted molar refractivity (Wildman–Crippen MR) is 107 cm³/mol. The van der Waals surface area contributed by atoms with E-state index in [9.17, 15) is 18.0 Å². The van der Waals surface area contributed by atoms with Gasteiger partial charge in [-0.05, 0) is 56.7 Å². The number of sulfonamides is 1. The lowest BCUT2D eigenvalue weighted by Gasteiger charge is -2.15. The number of esters is 1. The van der Waals surface area contributed by atoms with E-state index in [4.69, 9.17) is 4.74 Å². The number of ether oxygens (including phenoxy) is 1. The first-order valence-corrected chi connectivity index (χ1v) is 10.5. The van der Waals surface area contributed by atoms with Crippen LogP contribution in [0.15, 0.2) is 53.4 Å². The lowest BCUT2D eigenvalue weighted by molar-refractivity contribution is 0.0526. The molecule has 0 aliphatic rings. The van der Waals surface area contributed by atoms with E-state index in [2.05, 4.69) is 10.0 Å². The van der Waals surface area contributed by atoms with Gasteiger partial charge in [0.05, 0.1) is 28.3 Å². The van der Waals surface area contributed by atoms with Gasteiger partial charge in [0.2, 0.25) is 0 Å². The van der Waals surface area contributed by atoms with Gasteiger partial charge >= 0.3 is 5.97 Å². The molecule has 0 saturated heterocycles. The largest absolute Gasteiger partial charge is 0.462 e. The van der Waals surface area contributed by atoms with Crippen LogP contribution in [0.25, 0.3) is 0 Å². The fraction of sp³-hybridized carbons (Fsp3) is 0.300. The van der Waals surface area contributed by atoms with Crippen molar-refractivity contribution in [3.05, 3.63) is 59.7 Å². The van der Waals surface area contributed by atoms with Gasteiger partial charge in [0, 0.05) is 6.04 Å². The van der Waals surface area contributed by atoms with Crippen molar-refractivity contribution in [1.29, 1.82) is 0 Å². The Morgan fingerprint density at radius 3 is 2.29 bits per heavy atom. The minimum Gasteiger partial charge on any atom is -0.462 e. The molecule has 28 heavy (non-hydrogen) atoms. The molecule has 2 aromatic rings. The van der Waals surface area contributed by atoms with Crippen LogP contribution in [-0.4, -0.2) is 32.9 Å². The maximum Gasteiger partial charge on any atom is 0.338 e. The summed E-state index contributed by atoms with van der Waals surface area (Å²) < 4.78 is 32.7. The SMILES string of the molecule is CCOC(=O)c1ccc(S(=O)(=O)Nc2ccccc2C(=O)N[C@H](C)CC)cc1. The smallest absolute Gasteiger partial charge is 0.338 e. The van der Waals surface area contributed by atoms with Gasteiger partial charge in [-0.3, -0.25) is 9.52 Å². The van der Waals surface area contributed by atoms with Gasteiger partial charge in [-0.25, -0.2) is 13.2 Å². The molecular formula is C20H24N2O5S. The first-order chi connectivity index (χ1) is 13.3. The van der Waals surface area contributed by atoms with Crippen LogP contribution in [0.1, 0.15) is 47.9 Å². The molecule has 0 bridgehead atoms. The van der Waals surface area contributed by atoms with E-state index in [1.807, 2.05) is 13.8 Å². The monoisotopic (exact) mass is 404 g/mol. The molecule has 0 unspecified atom stereocenters. The van der Waals surface area contributed by atoms with Crippen molar-refractivity contribution in [2.24, 2.45) is 0 Å². The molecule has 1 amide bonds. The topological polar surface area (TPSA) is 102 Å². The Kier molecular flexibility index (Phi) is 7.17. The summed E-state index contributed by atoms with van der Waals surface area (Å²) in [5, 5.41) is 2.82. The minimum atomic E-state index is -3.94. The average molecular weight is 404 g/mol. The van der Waals surface area contributed by atoms with Gasteiger partial charge in [-0.1, -0.05) is 19.1 Å². The molecule has 0 heterocycles. The van der Waals surface area contributed by atoms with Crippen LogP contribution >= 0.6 is 0 Å². The summed E-state index contributed by atoms with van der Waals surface area (Å²) in [6.07, 6.45) is 0.756. The zero-order valence-electron chi connectivity index (χ0n) is 16.1. The van der Waals surface area contributed by atoms with E-state index >= 15 is 0 Å². The van der Waals surface area contributed by atoms with Crippen molar-refractivity contribution in [3.63, 3.8) is 0 Å². The first-order valence-electron chi connectivity index (χ1n) is 8.98. The fourth-order valence-electron chi connectivity index (χ4n) is 2.36. The molecular weight excluding hydrogens is 380 g/mol. The number of benzene rings is 2. The number of carbonyl (C=O) groups is 2. The normalized spacial score (nSPS) is 12.1. The molecule has 2 N–H and O–H groups in total. The second-order valence-corrected chi connectivity index (χ2v) is 7.86. The third-order valence-electron chi connectivity index (χ3n) is 4.08. The molecule has 0 radical (unpaired) electrons. The maximum atomic E-state index is 12.7. The standard InChI is InChI=1S/C20H24N2O5S/c1-4-14(3)21-19(23)17-8-6-7-9-18(17)22-28(25,26)16-12-10-15(11-13-16)20(24)27-5-2/h6-14,22H,4-5H2,1-3H3,(H,21,23)/t14-/m1/s1. The number of nitrogens with one attached hydrogen (secondary N) is 2. The van der Waals surface area contributed by atoms with E-state index in [1.165, 1.54) is 30.3 Å². The van der Waals surface area contributed by atoms with Crippen molar-refractivity contribution >= 4 is 27.6 Å². The Bertz CT molecular complexity index is 939. The molecule has 8 heteroatoms. The van der Waals surface area contributed by atoms with Gasteiger partial charge in [0.15, 0.2) is 0 Å². The second-order valence-electron chi connectivity index (χ2n) is 6.18. The Hall–Kier alpha value is -2.87. The van der Waals surface area contributed by atoms with Crippen LogP contribution in [0.4, 0.5) is 5.69 Å². The lowest BCUT2D eigenvalue weighted by atomic mass is 10.1. The van der Waals surface area contributed by atoms with Crippen LogP contribution < -0.4 is 10.0 Å². The van der Waals surface area contributed by atoms with Crippen molar-refractivity contribution in [1.82, 2.24) is 5.32 Å². The summed E-state index contributed by atoms with van der Waals surface area (Å²) in [5.74, 6) is -0.878. The summed E-state index contributed by atoms with van der Waals surface area (Å²) in [4.78, 5) is 24.1. The molecule has 1 atom stereocenters. The van der Waals surface area contributed by atoms with E-state index in [-0.39, 0.29) is 40.3 Å². The zero-order valence-corrected chi connectivity index (χ0v) is 16.9. The predicted octanol–water partition coefficient (Wildman–Crippen LogP) is 3.19. The molecule has 0 saturated carbocycles. The van der Waals surface area contributed by atoms with Crippen molar-refractivity contribution in [3.8, 4) is 0 Å². The van der Waals surface area contributed by atoms with Crippen molar-refractivity contribution in [2.75, 3.05) is 11.3 Å². The highest BCUT2D eigenvalue weighted by Gasteiger charge is 2.20. The highest BCUT2D eigenvalue weighted by Crippen LogP contribution is 2.21. The number of carbonyl (C=O) groups excluding carboxylic acids is 2. The molecule has 7 nitrogen and oxygen atoms in total. The molecule has 0 aliphatic carbocycles. The molecule has 0 aromatic heterocycles. The van der Waals surface area contributed by atoms with Gasteiger partial charge in [0.25, 0.3) is 15.9 Å². The maximum absolute atomic E-state index is 12.7. The summed E-state index contributed by atoms with van der Waals surface area (Å²) in [5.41, 5.74) is 0.668. The van der Waals surface area contributed by atoms with Crippen LogP contribution in [0.2, 0.25) is 0 Å². The molecule has 2 aromatic carbocycles. The van der Waals surface area contributed by atoms with Crippen molar-refractivity contribution < 1.29 is 22.7 Å². The molecule has 0 spiro atoms. The van der Waals surface area contributed by atoms with Crippen LogP contribution in [0.3, 0.4) is 0 Å². The second kappa shape index (κ2) is 9.36. The lowest BCUT2D eigenvalue weighted by Crippen LogP contribution is -2.32. The van der Waals surface area contributed by atoms with E-state index < -0.39 is 16.0 Å². The Labute approximate surface area is 165 Å². The number of anilines is 1. The van der Waals surface area contributed by atoms with E-state index in [1.54, 1.807) is 25.1 Å². The summed E-state index contributed by atoms with van der Waals surface area (Å²) >= 11 is 0. The van der Waals surface area contributed by atoms with E-state index in [0.29, 0.717) is 0 Å². The van der Waals surface area contributed by atoms with Gasteiger partial charge < -0.3 is 10.1 Å². The molecule has 2 rings (SSSR count). The molecule has 0 aliphatic heterocycles. The highest BCUT2D eigenvalue weighted by molar-refractivity contribution is 7.92. The third-order valence-corrected chi connectivity index (χ3v) is 5.46. The number of hydrogen-bond acceptors (Lipinski definition) is 5. The van der Waals surface area contributed by atoms with Crippen LogP contribution in [-0.2, 0) is 14.8 Å². The number of rotatable bonds is 8. The molecule has 150 valence electrons. The molecule has 0 fully saturated rings.